The van der Waals surface area contributed by atoms with Gasteiger partial charge in [0, 0.05) is 12.2 Å². The largest absolute Gasteiger partial charge is 0.427 e. The number of esters is 1. The molecule has 0 N–H and O–H groups in total. The van der Waals surface area contributed by atoms with Crippen molar-refractivity contribution in [2.24, 2.45) is 0 Å². The maximum atomic E-state index is 11.5. The van der Waals surface area contributed by atoms with E-state index < -0.39 is 17.9 Å². The van der Waals surface area contributed by atoms with Crippen molar-refractivity contribution in [3.8, 4) is 0 Å². The van der Waals surface area contributed by atoms with Crippen LogP contribution in [0.2, 0.25) is 0 Å². The van der Waals surface area contributed by atoms with Crippen LogP contribution in [-0.4, -0.2) is 31.1 Å². The molecule has 0 aliphatic rings. The molecule has 0 aromatic carbocycles. The van der Waals surface area contributed by atoms with Gasteiger partial charge in [0.15, 0.2) is 0 Å². The maximum absolute atomic E-state index is 11.5. The number of ether oxygens (including phenoxy) is 2. The fourth-order valence-corrected chi connectivity index (χ4v) is 1.38. The Morgan fingerprint density at radius 3 is 2.55 bits per heavy atom. The van der Waals surface area contributed by atoms with Crippen LogP contribution in [0.1, 0.15) is 47.0 Å². The molecule has 5 nitrogen and oxygen atoms in total. The van der Waals surface area contributed by atoms with Crippen molar-refractivity contribution in [1.29, 1.82) is 0 Å². The van der Waals surface area contributed by atoms with E-state index >= 15 is 0 Å². The number of carbonyl (C=O) groups excluding carboxylic acids is 1. The fourth-order valence-electron chi connectivity index (χ4n) is 1.38. The topological polar surface area (TPSA) is 54.0 Å². The summed E-state index contributed by atoms with van der Waals surface area (Å²) in [4.78, 5) is 22.0. The summed E-state index contributed by atoms with van der Waals surface area (Å²) in [6.45, 7) is 18.1. The van der Waals surface area contributed by atoms with Crippen molar-refractivity contribution in [3.63, 3.8) is 0 Å². The van der Waals surface area contributed by atoms with Gasteiger partial charge in [-0.25, -0.2) is 9.68 Å². The van der Waals surface area contributed by atoms with Crippen molar-refractivity contribution < 1.29 is 24.0 Å². The Labute approximate surface area is 122 Å². The van der Waals surface area contributed by atoms with Crippen LogP contribution >= 0.6 is 0 Å². The number of hydrogen-bond acceptors (Lipinski definition) is 5. The zero-order chi connectivity index (χ0) is 15.6. The maximum Gasteiger partial charge on any atom is 0.335 e. The summed E-state index contributed by atoms with van der Waals surface area (Å²) in [6.07, 6.45) is 0.911. The molecular formula is C15H25O5. The minimum Gasteiger partial charge on any atom is -0.427 e. The molecule has 0 spiro atoms. The van der Waals surface area contributed by atoms with E-state index in [4.69, 9.17) is 26.2 Å². The molecule has 0 aliphatic carbocycles. The molecule has 5 heteroatoms. The Kier molecular flexibility index (Phi) is 9.46. The highest BCUT2D eigenvalue weighted by Crippen LogP contribution is 2.18. The van der Waals surface area contributed by atoms with Crippen LogP contribution in [0.15, 0.2) is 12.2 Å². The predicted octanol–water partition coefficient (Wildman–Crippen LogP) is 2.95. The quantitative estimate of drug-likeness (QED) is 0.146. The summed E-state index contributed by atoms with van der Waals surface area (Å²) >= 11 is 0. The second-order valence-corrected chi connectivity index (χ2v) is 5.13. The third-order valence-corrected chi connectivity index (χ3v) is 2.32. The molecular weight excluding hydrogens is 260 g/mol. The van der Waals surface area contributed by atoms with Gasteiger partial charge in [-0.15, -0.1) is 0 Å². The summed E-state index contributed by atoms with van der Waals surface area (Å²) in [5, 5.41) is 0. The third-order valence-electron chi connectivity index (χ3n) is 2.32. The molecule has 0 heterocycles. The Morgan fingerprint density at radius 1 is 1.40 bits per heavy atom. The molecule has 3 radical (unpaired) electrons. The molecule has 115 valence electrons. The normalized spacial score (nSPS) is 13.1. The highest BCUT2D eigenvalue weighted by atomic mass is 17.2. The van der Waals surface area contributed by atoms with Gasteiger partial charge in [-0.3, -0.25) is 0 Å². The Bertz CT molecular complexity index is 299. The van der Waals surface area contributed by atoms with Crippen LogP contribution in [0.4, 0.5) is 0 Å². The third kappa shape index (κ3) is 9.07. The van der Waals surface area contributed by atoms with Crippen LogP contribution in [0, 0.1) is 6.92 Å². The van der Waals surface area contributed by atoms with Crippen LogP contribution in [0.25, 0.3) is 0 Å². The van der Waals surface area contributed by atoms with Crippen molar-refractivity contribution >= 4 is 5.97 Å². The van der Waals surface area contributed by atoms with Gasteiger partial charge in [0.2, 0.25) is 0 Å². The molecule has 0 fully saturated rings. The first kappa shape index (κ1) is 19.1. The standard InChI is InChI=1S/C15H25O5/c1-7-9-15(5,6)20-19-13(11-17-10-8-2)18-14(16)12(3)4/h13H,3,7-11H2,1,4-6H3. The lowest BCUT2D eigenvalue weighted by Crippen LogP contribution is -2.32. The highest BCUT2D eigenvalue weighted by Gasteiger charge is 2.24. The number of carbonyl (C=O) groups is 1. The summed E-state index contributed by atoms with van der Waals surface area (Å²) in [5.74, 6) is -0.568. The molecule has 0 rings (SSSR count). The van der Waals surface area contributed by atoms with Crippen LogP contribution < -0.4 is 0 Å². The molecule has 0 aromatic heterocycles. The van der Waals surface area contributed by atoms with E-state index in [1.807, 2.05) is 20.8 Å². The SMILES string of the molecule is [C]CCOCC(OOC(C)(C)CCC)OC(=O)C(=C)C. The zero-order valence-electron chi connectivity index (χ0n) is 12.9. The van der Waals surface area contributed by atoms with E-state index in [2.05, 4.69) is 6.58 Å². The second kappa shape index (κ2) is 9.91. The van der Waals surface area contributed by atoms with E-state index in [0.717, 1.165) is 12.8 Å². The fraction of sp³-hybridized carbons (Fsp3) is 0.733. The van der Waals surface area contributed by atoms with E-state index in [0.29, 0.717) is 0 Å². The number of rotatable bonds is 11. The Hall–Kier alpha value is -0.910. The molecule has 0 aliphatic heterocycles. The average molecular weight is 285 g/mol. The monoisotopic (exact) mass is 285 g/mol. The van der Waals surface area contributed by atoms with E-state index in [1.54, 1.807) is 6.92 Å². The minimum atomic E-state index is -0.970. The lowest BCUT2D eigenvalue weighted by molar-refractivity contribution is -0.417. The first-order chi connectivity index (χ1) is 9.32. The highest BCUT2D eigenvalue weighted by molar-refractivity contribution is 5.86. The van der Waals surface area contributed by atoms with Crippen LogP contribution in [0.5, 0.6) is 0 Å². The van der Waals surface area contributed by atoms with Crippen LogP contribution in [0.3, 0.4) is 0 Å². The summed E-state index contributed by atoms with van der Waals surface area (Å²) < 4.78 is 10.2. The molecule has 1 atom stereocenters. The van der Waals surface area contributed by atoms with Gasteiger partial charge in [-0.1, -0.05) is 19.9 Å². The van der Waals surface area contributed by atoms with E-state index in [1.165, 1.54) is 0 Å². The van der Waals surface area contributed by atoms with Crippen molar-refractivity contribution in [3.05, 3.63) is 19.1 Å². The summed E-state index contributed by atoms with van der Waals surface area (Å²) in [6, 6.07) is 0. The van der Waals surface area contributed by atoms with Gasteiger partial charge in [-0.05, 0) is 40.5 Å². The van der Waals surface area contributed by atoms with Crippen LogP contribution in [-0.2, 0) is 24.0 Å². The van der Waals surface area contributed by atoms with E-state index in [-0.39, 0.29) is 25.2 Å². The smallest absolute Gasteiger partial charge is 0.335 e. The van der Waals surface area contributed by atoms with Gasteiger partial charge < -0.3 is 9.47 Å². The molecule has 1 unspecified atom stereocenters. The van der Waals surface area contributed by atoms with Gasteiger partial charge in [0.25, 0.3) is 6.29 Å². The van der Waals surface area contributed by atoms with Gasteiger partial charge in [-0.2, -0.15) is 4.89 Å². The van der Waals surface area contributed by atoms with Crippen molar-refractivity contribution in [1.82, 2.24) is 0 Å². The molecule has 0 bridgehead atoms. The molecule has 0 saturated heterocycles. The molecule has 0 saturated carbocycles. The van der Waals surface area contributed by atoms with Crippen molar-refractivity contribution in [2.45, 2.75) is 58.8 Å². The molecule has 20 heavy (non-hydrogen) atoms. The zero-order valence-corrected chi connectivity index (χ0v) is 12.9. The Balaban J connectivity index is 4.36. The molecule has 0 aromatic rings. The Morgan fingerprint density at radius 2 is 2.05 bits per heavy atom. The van der Waals surface area contributed by atoms with Gasteiger partial charge >= 0.3 is 5.97 Å². The summed E-state index contributed by atoms with van der Waals surface area (Å²) in [5.41, 5.74) is -0.204. The van der Waals surface area contributed by atoms with E-state index in [9.17, 15) is 4.79 Å². The number of hydrogen-bond donors (Lipinski definition) is 0. The summed E-state index contributed by atoms with van der Waals surface area (Å²) in [7, 11) is 0. The van der Waals surface area contributed by atoms with Gasteiger partial charge in [0.1, 0.15) is 6.61 Å². The second-order valence-electron chi connectivity index (χ2n) is 5.13. The predicted molar refractivity (Wildman–Crippen MR) is 74.5 cm³/mol. The molecule has 0 amide bonds. The lowest BCUT2D eigenvalue weighted by Gasteiger charge is -2.26. The van der Waals surface area contributed by atoms with Gasteiger partial charge in [0.05, 0.1) is 5.60 Å². The first-order valence-electron chi connectivity index (χ1n) is 6.75. The average Bonchev–Trinajstić information content (AvgIpc) is 2.35. The lowest BCUT2D eigenvalue weighted by atomic mass is 10.0. The minimum absolute atomic E-state index is 0.0140. The first-order valence-corrected chi connectivity index (χ1v) is 6.75. The van der Waals surface area contributed by atoms with Crippen molar-refractivity contribution in [2.75, 3.05) is 13.2 Å².